The van der Waals surface area contributed by atoms with E-state index in [-0.39, 0.29) is 24.6 Å². The highest BCUT2D eigenvalue weighted by molar-refractivity contribution is 5.94. The van der Waals surface area contributed by atoms with E-state index in [1.165, 1.54) is 6.33 Å². The minimum Gasteiger partial charge on any atom is -0.354 e. The number of benzene rings is 1. The number of amides is 2. The molecule has 1 aromatic heterocycles. The van der Waals surface area contributed by atoms with Crippen LogP contribution in [0.1, 0.15) is 23.2 Å². The number of carbonyl (C=O) groups is 2. The Balaban J connectivity index is 1.61. The smallest absolute Gasteiger partial charge is 0.254 e. The largest absolute Gasteiger partial charge is 0.354 e. The van der Waals surface area contributed by atoms with Gasteiger partial charge < -0.3 is 10.6 Å². The van der Waals surface area contributed by atoms with Gasteiger partial charge in [-0.2, -0.15) is 5.10 Å². The molecular weight excluding hydrogens is 320 g/mol. The Morgan fingerprint density at radius 1 is 1.17 bits per heavy atom. The van der Waals surface area contributed by atoms with Crippen molar-refractivity contribution in [3.05, 3.63) is 48.1 Å². The minimum atomic E-state index is -0.926. The van der Waals surface area contributed by atoms with Crippen LogP contribution in [0.3, 0.4) is 0 Å². The summed E-state index contributed by atoms with van der Waals surface area (Å²) in [4.78, 5) is 27.1. The zero-order chi connectivity index (χ0) is 17.4. The van der Waals surface area contributed by atoms with Crippen molar-refractivity contribution in [3.8, 4) is 0 Å². The van der Waals surface area contributed by atoms with Crippen LogP contribution in [0.2, 0.25) is 0 Å². The molecule has 128 valence electrons. The highest BCUT2D eigenvalue weighted by atomic mass is 19.1. The predicted octanol–water partition coefficient (Wildman–Crippen LogP) is 0.883. The summed E-state index contributed by atoms with van der Waals surface area (Å²) in [6, 6.07) is 2.73. The third-order valence-corrected chi connectivity index (χ3v) is 3.17. The fraction of sp³-hybridized carbons (Fsp3) is 0.333. The first-order chi connectivity index (χ1) is 11.6. The first-order valence-corrected chi connectivity index (χ1v) is 7.38. The summed E-state index contributed by atoms with van der Waals surface area (Å²) in [6.07, 6.45) is 3.93. The van der Waals surface area contributed by atoms with E-state index in [0.29, 0.717) is 25.5 Å². The van der Waals surface area contributed by atoms with Crippen LogP contribution >= 0.6 is 0 Å². The Morgan fingerprint density at radius 2 is 1.96 bits per heavy atom. The van der Waals surface area contributed by atoms with Crippen molar-refractivity contribution >= 4 is 11.8 Å². The lowest BCUT2D eigenvalue weighted by atomic mass is 10.2. The average Bonchev–Trinajstić information content (AvgIpc) is 3.04. The van der Waals surface area contributed by atoms with Crippen molar-refractivity contribution in [1.29, 1.82) is 0 Å². The average molecular weight is 337 g/mol. The van der Waals surface area contributed by atoms with Crippen molar-refractivity contribution in [1.82, 2.24) is 25.4 Å². The number of halogens is 2. The molecule has 0 spiro atoms. The molecule has 1 aromatic carbocycles. The Kier molecular flexibility index (Phi) is 6.35. The van der Waals surface area contributed by atoms with Crippen LogP contribution in [-0.2, 0) is 11.3 Å². The third kappa shape index (κ3) is 5.41. The van der Waals surface area contributed by atoms with E-state index in [0.717, 1.165) is 12.1 Å². The molecule has 2 rings (SSSR count). The van der Waals surface area contributed by atoms with Crippen molar-refractivity contribution < 1.29 is 18.4 Å². The number of nitrogens with zero attached hydrogens (tertiary/aromatic N) is 3. The summed E-state index contributed by atoms with van der Waals surface area (Å²) in [6.45, 7) is 0.954. The van der Waals surface area contributed by atoms with E-state index in [4.69, 9.17) is 0 Å². The molecule has 0 bridgehead atoms. The quantitative estimate of drug-likeness (QED) is 0.700. The van der Waals surface area contributed by atoms with Gasteiger partial charge >= 0.3 is 0 Å². The highest BCUT2D eigenvalue weighted by Gasteiger charge is 2.11. The van der Waals surface area contributed by atoms with Crippen molar-refractivity contribution in [2.45, 2.75) is 19.4 Å². The van der Waals surface area contributed by atoms with Crippen molar-refractivity contribution in [2.24, 2.45) is 0 Å². The van der Waals surface area contributed by atoms with Gasteiger partial charge in [-0.25, -0.2) is 13.8 Å². The van der Waals surface area contributed by atoms with Crippen LogP contribution in [0.5, 0.6) is 0 Å². The van der Waals surface area contributed by atoms with E-state index in [9.17, 15) is 18.4 Å². The van der Waals surface area contributed by atoms with E-state index in [1.54, 1.807) is 11.0 Å². The molecule has 2 N–H and O–H groups in total. The molecular formula is C15H17F2N5O2. The Bertz CT molecular complexity index is 691. The Labute approximate surface area is 137 Å². The lowest BCUT2D eigenvalue weighted by molar-refractivity contribution is -0.121. The van der Waals surface area contributed by atoms with Gasteiger partial charge in [0.1, 0.15) is 24.3 Å². The molecule has 0 fully saturated rings. The summed E-state index contributed by atoms with van der Waals surface area (Å²) >= 11 is 0. The lowest BCUT2D eigenvalue weighted by Crippen LogP contribution is -2.35. The molecule has 7 nitrogen and oxygen atoms in total. The number of hydrogen-bond acceptors (Lipinski definition) is 4. The molecule has 1 heterocycles. The van der Waals surface area contributed by atoms with E-state index in [2.05, 4.69) is 20.7 Å². The summed E-state index contributed by atoms with van der Waals surface area (Å²) in [7, 11) is 0. The topological polar surface area (TPSA) is 88.9 Å². The maximum atomic E-state index is 13.4. The monoisotopic (exact) mass is 337 g/mol. The van der Waals surface area contributed by atoms with E-state index < -0.39 is 17.5 Å². The number of nitrogens with one attached hydrogen (secondary N) is 2. The van der Waals surface area contributed by atoms with E-state index in [1.807, 2.05) is 0 Å². The Hall–Kier alpha value is -2.84. The Morgan fingerprint density at radius 3 is 2.67 bits per heavy atom. The van der Waals surface area contributed by atoms with Crippen LogP contribution in [-0.4, -0.2) is 39.7 Å². The van der Waals surface area contributed by atoms with Gasteiger partial charge in [-0.05, 0) is 18.6 Å². The molecule has 0 aliphatic carbocycles. The molecule has 0 radical (unpaired) electrons. The minimum absolute atomic E-state index is 0.143. The molecule has 0 atom stereocenters. The molecule has 2 aromatic rings. The maximum Gasteiger partial charge on any atom is 0.254 e. The number of hydrogen-bond donors (Lipinski definition) is 2. The molecule has 2 amide bonds. The maximum absolute atomic E-state index is 13.4. The molecule has 0 unspecified atom stereocenters. The summed E-state index contributed by atoms with van der Waals surface area (Å²) in [5.74, 6) is -2.49. The second kappa shape index (κ2) is 8.70. The summed E-state index contributed by atoms with van der Waals surface area (Å²) in [5.41, 5.74) is -0.240. The SMILES string of the molecule is O=C(CCCn1cncn1)NCCNC(=O)c1ccc(F)cc1F. The molecule has 9 heteroatoms. The van der Waals surface area contributed by atoms with Crippen LogP contribution in [0.15, 0.2) is 30.9 Å². The molecule has 24 heavy (non-hydrogen) atoms. The molecule has 0 aliphatic heterocycles. The lowest BCUT2D eigenvalue weighted by Gasteiger charge is -2.08. The van der Waals surface area contributed by atoms with Crippen LogP contribution in [0, 0.1) is 11.6 Å². The summed E-state index contributed by atoms with van der Waals surface area (Å²) < 4.78 is 27.8. The van der Waals surface area contributed by atoms with Crippen LogP contribution in [0.25, 0.3) is 0 Å². The molecule has 0 saturated carbocycles. The fourth-order valence-electron chi connectivity index (χ4n) is 1.98. The van der Waals surface area contributed by atoms with Gasteiger partial charge in [0.15, 0.2) is 0 Å². The normalized spacial score (nSPS) is 10.4. The van der Waals surface area contributed by atoms with Gasteiger partial charge in [0.05, 0.1) is 5.56 Å². The molecule has 0 aliphatic rings. The van der Waals surface area contributed by atoms with Gasteiger partial charge in [0.2, 0.25) is 5.91 Å². The third-order valence-electron chi connectivity index (χ3n) is 3.17. The standard InChI is InChI=1S/C15H17F2N5O2/c16-11-3-4-12(13(17)8-11)15(24)20-6-5-19-14(23)2-1-7-22-10-18-9-21-22/h3-4,8-10H,1-2,5-7H2,(H,19,23)(H,20,24). The number of aryl methyl sites for hydroxylation is 1. The number of carbonyl (C=O) groups excluding carboxylic acids is 2. The van der Waals surface area contributed by atoms with Crippen LogP contribution < -0.4 is 10.6 Å². The second-order valence-electron chi connectivity index (χ2n) is 4.99. The number of rotatable bonds is 8. The van der Waals surface area contributed by atoms with Gasteiger partial charge in [0.25, 0.3) is 5.91 Å². The predicted molar refractivity (Wildman–Crippen MR) is 81.0 cm³/mol. The van der Waals surface area contributed by atoms with Gasteiger partial charge in [0, 0.05) is 32.1 Å². The zero-order valence-corrected chi connectivity index (χ0v) is 12.8. The van der Waals surface area contributed by atoms with Crippen molar-refractivity contribution in [3.63, 3.8) is 0 Å². The fourth-order valence-corrected chi connectivity index (χ4v) is 1.98. The zero-order valence-electron chi connectivity index (χ0n) is 12.8. The first-order valence-electron chi connectivity index (χ1n) is 7.38. The van der Waals surface area contributed by atoms with Gasteiger partial charge in [-0.15, -0.1) is 0 Å². The first kappa shape index (κ1) is 17.5. The van der Waals surface area contributed by atoms with Crippen LogP contribution in [0.4, 0.5) is 8.78 Å². The molecule has 0 saturated heterocycles. The summed E-state index contributed by atoms with van der Waals surface area (Å²) in [5, 5.41) is 9.02. The van der Waals surface area contributed by atoms with E-state index >= 15 is 0 Å². The van der Waals surface area contributed by atoms with Crippen molar-refractivity contribution in [2.75, 3.05) is 13.1 Å². The second-order valence-corrected chi connectivity index (χ2v) is 4.99. The highest BCUT2D eigenvalue weighted by Crippen LogP contribution is 2.08. The number of aromatic nitrogens is 3. The van der Waals surface area contributed by atoms with Gasteiger partial charge in [-0.3, -0.25) is 14.3 Å². The van der Waals surface area contributed by atoms with Gasteiger partial charge in [-0.1, -0.05) is 0 Å².